The van der Waals surface area contributed by atoms with E-state index in [0.717, 1.165) is 31.5 Å². The molecular formula is C22H30N6O2. The second-order valence-corrected chi connectivity index (χ2v) is 7.48. The number of hydrogen-bond donors (Lipinski definition) is 3. The van der Waals surface area contributed by atoms with Gasteiger partial charge in [-0.25, -0.2) is 9.97 Å². The predicted molar refractivity (Wildman–Crippen MR) is 118 cm³/mol. The fourth-order valence-corrected chi connectivity index (χ4v) is 3.43. The minimum atomic E-state index is -0.0778. The molecule has 0 bridgehead atoms. The van der Waals surface area contributed by atoms with Crippen LogP contribution >= 0.6 is 0 Å². The van der Waals surface area contributed by atoms with E-state index in [2.05, 4.69) is 30.8 Å². The highest BCUT2D eigenvalue weighted by molar-refractivity contribution is 5.92. The van der Waals surface area contributed by atoms with Crippen LogP contribution in [0.1, 0.15) is 32.6 Å². The number of benzene rings is 1. The van der Waals surface area contributed by atoms with Gasteiger partial charge in [0.25, 0.3) is 0 Å². The van der Waals surface area contributed by atoms with Crippen molar-refractivity contribution in [2.45, 2.75) is 32.6 Å². The van der Waals surface area contributed by atoms with Crippen LogP contribution in [0.25, 0.3) is 11.4 Å². The van der Waals surface area contributed by atoms with E-state index < -0.39 is 0 Å². The third-order valence-corrected chi connectivity index (χ3v) is 4.90. The molecule has 160 valence electrons. The summed E-state index contributed by atoms with van der Waals surface area (Å²) in [5.74, 6) is 1.44. The molecule has 1 aliphatic rings. The van der Waals surface area contributed by atoms with E-state index in [1.54, 1.807) is 6.07 Å². The second-order valence-electron chi connectivity index (χ2n) is 7.48. The summed E-state index contributed by atoms with van der Waals surface area (Å²) < 4.78 is 0. The van der Waals surface area contributed by atoms with Crippen molar-refractivity contribution >= 4 is 23.5 Å². The molecule has 0 spiro atoms. The van der Waals surface area contributed by atoms with Gasteiger partial charge in [0.2, 0.25) is 11.8 Å². The van der Waals surface area contributed by atoms with Gasteiger partial charge >= 0.3 is 0 Å². The fourth-order valence-electron chi connectivity index (χ4n) is 3.43. The van der Waals surface area contributed by atoms with E-state index in [1.807, 2.05) is 30.3 Å². The minimum Gasteiger partial charge on any atom is -0.368 e. The topological polar surface area (TPSA) is 99.2 Å². The van der Waals surface area contributed by atoms with E-state index in [4.69, 9.17) is 0 Å². The summed E-state index contributed by atoms with van der Waals surface area (Å²) in [6.07, 6.45) is 4.75. The summed E-state index contributed by atoms with van der Waals surface area (Å²) in [6.45, 7) is 4.78. The molecule has 0 atom stereocenters. The van der Waals surface area contributed by atoms with Crippen molar-refractivity contribution in [2.24, 2.45) is 0 Å². The number of nitrogens with zero attached hydrogens (tertiary/aromatic N) is 3. The number of amides is 2. The quantitative estimate of drug-likeness (QED) is 0.579. The highest BCUT2D eigenvalue weighted by Gasteiger charge is 2.15. The van der Waals surface area contributed by atoms with Gasteiger partial charge in [-0.1, -0.05) is 43.2 Å². The van der Waals surface area contributed by atoms with Gasteiger partial charge in [-0.2, -0.15) is 0 Å². The fraction of sp³-hybridized carbons (Fsp3) is 0.455. The van der Waals surface area contributed by atoms with Crippen molar-refractivity contribution in [1.29, 1.82) is 0 Å². The lowest BCUT2D eigenvalue weighted by atomic mass is 10.2. The predicted octanol–water partition coefficient (Wildman–Crippen LogP) is 2.51. The Morgan fingerprint density at radius 3 is 2.37 bits per heavy atom. The first-order valence-corrected chi connectivity index (χ1v) is 10.6. The Balaban J connectivity index is 1.70. The monoisotopic (exact) mass is 410 g/mol. The number of likely N-dealkylation sites (tertiary alicyclic amines) is 1. The van der Waals surface area contributed by atoms with Gasteiger partial charge < -0.3 is 16.0 Å². The van der Waals surface area contributed by atoms with E-state index in [9.17, 15) is 9.59 Å². The lowest BCUT2D eigenvalue weighted by Crippen LogP contribution is -2.34. The molecular weight excluding hydrogens is 380 g/mol. The average Bonchev–Trinajstić information content (AvgIpc) is 3.00. The number of carbonyl (C=O) groups excluding carboxylic acids is 2. The number of anilines is 2. The lowest BCUT2D eigenvalue weighted by molar-refractivity contribution is -0.119. The first kappa shape index (κ1) is 21.7. The average molecular weight is 411 g/mol. The number of rotatable bonds is 8. The maximum absolute atomic E-state index is 12.6. The maximum Gasteiger partial charge on any atom is 0.239 e. The zero-order chi connectivity index (χ0) is 21.2. The molecule has 1 fully saturated rings. The normalized spacial score (nSPS) is 14.6. The summed E-state index contributed by atoms with van der Waals surface area (Å²) in [6, 6.07) is 11.4. The molecule has 0 saturated carbocycles. The van der Waals surface area contributed by atoms with Gasteiger partial charge in [0.1, 0.15) is 11.6 Å². The molecule has 2 heterocycles. The smallest absolute Gasteiger partial charge is 0.239 e. The van der Waals surface area contributed by atoms with E-state index in [-0.39, 0.29) is 11.8 Å². The summed E-state index contributed by atoms with van der Waals surface area (Å²) in [7, 11) is 0. The van der Waals surface area contributed by atoms with Crippen molar-refractivity contribution in [3.63, 3.8) is 0 Å². The Morgan fingerprint density at radius 2 is 1.67 bits per heavy atom. The van der Waals surface area contributed by atoms with Gasteiger partial charge in [0.05, 0.1) is 6.54 Å². The molecule has 3 rings (SSSR count). The summed E-state index contributed by atoms with van der Waals surface area (Å²) in [4.78, 5) is 34.9. The van der Waals surface area contributed by atoms with E-state index in [0.29, 0.717) is 37.1 Å². The van der Waals surface area contributed by atoms with Gasteiger partial charge in [-0.3, -0.25) is 14.5 Å². The van der Waals surface area contributed by atoms with E-state index in [1.165, 1.54) is 19.8 Å². The maximum atomic E-state index is 12.6. The van der Waals surface area contributed by atoms with Crippen LogP contribution in [0, 0.1) is 0 Å². The largest absolute Gasteiger partial charge is 0.368 e. The summed E-state index contributed by atoms with van der Waals surface area (Å²) >= 11 is 0. The molecule has 30 heavy (non-hydrogen) atoms. The van der Waals surface area contributed by atoms with Crippen LogP contribution in [0.15, 0.2) is 36.4 Å². The number of aromatic nitrogens is 2. The van der Waals surface area contributed by atoms with Crippen LogP contribution in [-0.2, 0) is 9.59 Å². The lowest BCUT2D eigenvalue weighted by Gasteiger charge is -2.19. The molecule has 3 N–H and O–H groups in total. The van der Waals surface area contributed by atoms with Crippen LogP contribution in [0.2, 0.25) is 0 Å². The zero-order valence-corrected chi connectivity index (χ0v) is 17.5. The van der Waals surface area contributed by atoms with Gasteiger partial charge in [-0.15, -0.1) is 0 Å². The molecule has 1 aromatic heterocycles. The van der Waals surface area contributed by atoms with Gasteiger partial charge in [-0.05, 0) is 25.9 Å². The minimum absolute atomic E-state index is 0.0705. The van der Waals surface area contributed by atoms with Crippen molar-refractivity contribution in [3.05, 3.63) is 36.4 Å². The first-order valence-electron chi connectivity index (χ1n) is 10.6. The number of nitrogens with one attached hydrogen (secondary N) is 3. The molecule has 2 amide bonds. The summed E-state index contributed by atoms with van der Waals surface area (Å²) in [5.41, 5.74) is 0.867. The third kappa shape index (κ3) is 7.11. The molecule has 1 aliphatic heterocycles. The SMILES string of the molecule is CC(=O)NCCNc1cc(NC(=O)CN2CCCCCC2)nc(-c2ccccc2)n1. The van der Waals surface area contributed by atoms with E-state index >= 15 is 0 Å². The molecule has 8 heteroatoms. The number of carbonyl (C=O) groups is 2. The molecule has 0 unspecified atom stereocenters. The number of hydrogen-bond acceptors (Lipinski definition) is 6. The Bertz CT molecular complexity index is 835. The first-order chi connectivity index (χ1) is 14.6. The summed E-state index contributed by atoms with van der Waals surface area (Å²) in [5, 5.41) is 8.85. The van der Waals surface area contributed by atoms with Crippen molar-refractivity contribution in [3.8, 4) is 11.4 Å². The van der Waals surface area contributed by atoms with Crippen molar-refractivity contribution in [1.82, 2.24) is 20.2 Å². The second kappa shape index (κ2) is 11.3. The third-order valence-electron chi connectivity index (χ3n) is 4.90. The highest BCUT2D eigenvalue weighted by Crippen LogP contribution is 2.20. The highest BCUT2D eigenvalue weighted by atomic mass is 16.2. The molecule has 0 radical (unpaired) electrons. The Labute approximate surface area is 177 Å². The standard InChI is InChI=1S/C22H30N6O2/c1-17(29)23-11-12-24-19-15-20(27-22(26-19)18-9-5-4-6-10-18)25-21(30)16-28-13-7-2-3-8-14-28/h4-6,9-10,15H,2-3,7-8,11-14,16H2,1H3,(H,23,29)(H2,24,25,26,27,30). The zero-order valence-electron chi connectivity index (χ0n) is 17.5. The Hall–Kier alpha value is -3.00. The van der Waals surface area contributed by atoms with Crippen LogP contribution in [0.4, 0.5) is 11.6 Å². The molecule has 1 aromatic carbocycles. The van der Waals surface area contributed by atoms with Gasteiger partial charge in [0.15, 0.2) is 5.82 Å². The Morgan fingerprint density at radius 1 is 0.967 bits per heavy atom. The van der Waals surface area contributed by atoms with Crippen LogP contribution in [0.3, 0.4) is 0 Å². The Kier molecular flexibility index (Phi) is 8.14. The van der Waals surface area contributed by atoms with Crippen molar-refractivity contribution < 1.29 is 9.59 Å². The van der Waals surface area contributed by atoms with Crippen LogP contribution < -0.4 is 16.0 Å². The molecule has 2 aromatic rings. The van der Waals surface area contributed by atoms with Crippen LogP contribution in [-0.4, -0.2) is 59.4 Å². The van der Waals surface area contributed by atoms with Gasteiger partial charge in [0, 0.05) is 31.6 Å². The molecule has 0 aliphatic carbocycles. The van der Waals surface area contributed by atoms with Crippen molar-refractivity contribution in [2.75, 3.05) is 43.4 Å². The molecule has 1 saturated heterocycles. The van der Waals surface area contributed by atoms with Crippen LogP contribution in [0.5, 0.6) is 0 Å². The molecule has 8 nitrogen and oxygen atoms in total.